The number of aromatic nitrogens is 1. The number of halogens is 1. The van der Waals surface area contributed by atoms with Gasteiger partial charge in [0.15, 0.2) is 0 Å². The lowest BCUT2D eigenvalue weighted by atomic mass is 9.93. The van der Waals surface area contributed by atoms with Gasteiger partial charge in [0, 0.05) is 41.6 Å². The maximum absolute atomic E-state index is 12.6. The number of likely N-dealkylation sites (tertiary alicyclic amines) is 1. The van der Waals surface area contributed by atoms with Crippen molar-refractivity contribution in [2.24, 2.45) is 5.92 Å². The van der Waals surface area contributed by atoms with Gasteiger partial charge in [-0.3, -0.25) is 9.59 Å². The molecular formula is C18H21ClN2O3. The summed E-state index contributed by atoms with van der Waals surface area (Å²) in [5.41, 5.74) is 1.91. The molecule has 2 heterocycles. The molecule has 1 atom stereocenters. The van der Waals surface area contributed by atoms with Gasteiger partial charge in [-0.05, 0) is 42.9 Å². The molecule has 1 aromatic carbocycles. The summed E-state index contributed by atoms with van der Waals surface area (Å²) in [7, 11) is 0. The van der Waals surface area contributed by atoms with Crippen LogP contribution in [0.15, 0.2) is 24.4 Å². The predicted molar refractivity (Wildman–Crippen MR) is 93.2 cm³/mol. The fourth-order valence-electron chi connectivity index (χ4n) is 3.43. The molecule has 24 heavy (non-hydrogen) atoms. The van der Waals surface area contributed by atoms with E-state index in [0.717, 1.165) is 35.9 Å². The number of aliphatic carboxylic acids is 1. The van der Waals surface area contributed by atoms with Crippen LogP contribution < -0.4 is 0 Å². The Bertz CT molecular complexity index is 756. The number of hydrogen-bond acceptors (Lipinski definition) is 2. The van der Waals surface area contributed by atoms with E-state index in [1.165, 1.54) is 0 Å². The molecule has 0 saturated carbocycles. The highest BCUT2D eigenvalue weighted by molar-refractivity contribution is 6.31. The maximum atomic E-state index is 12.6. The van der Waals surface area contributed by atoms with Crippen molar-refractivity contribution in [2.75, 3.05) is 13.1 Å². The molecule has 1 amide bonds. The smallest absolute Gasteiger partial charge is 0.303 e. The summed E-state index contributed by atoms with van der Waals surface area (Å²) in [6, 6.07) is 5.62. The quantitative estimate of drug-likeness (QED) is 0.868. The third kappa shape index (κ3) is 3.90. The van der Waals surface area contributed by atoms with E-state index in [1.54, 1.807) is 0 Å². The number of nitrogens with one attached hydrogen (secondary N) is 1. The first-order valence-electron chi connectivity index (χ1n) is 8.28. The average molecular weight is 349 g/mol. The first-order chi connectivity index (χ1) is 11.5. The third-order valence-electron chi connectivity index (χ3n) is 4.71. The Morgan fingerprint density at radius 1 is 1.38 bits per heavy atom. The van der Waals surface area contributed by atoms with Gasteiger partial charge in [-0.2, -0.15) is 0 Å². The average Bonchev–Trinajstić information content (AvgIpc) is 2.95. The first kappa shape index (κ1) is 16.8. The van der Waals surface area contributed by atoms with Gasteiger partial charge in [-0.15, -0.1) is 0 Å². The number of carboxylic acids is 1. The SMILES string of the molecule is O=C(O)CCC1CCCN(C(=O)Cc2c[nH]c3cc(Cl)ccc23)C1. The molecule has 2 N–H and O–H groups in total. The van der Waals surface area contributed by atoms with Gasteiger partial charge in [0.2, 0.25) is 5.91 Å². The Morgan fingerprint density at radius 3 is 3.00 bits per heavy atom. The van der Waals surface area contributed by atoms with Crippen molar-refractivity contribution in [3.05, 3.63) is 35.0 Å². The molecule has 1 saturated heterocycles. The second kappa shape index (κ2) is 7.26. The van der Waals surface area contributed by atoms with Crippen LogP contribution in [0.5, 0.6) is 0 Å². The van der Waals surface area contributed by atoms with E-state index in [-0.39, 0.29) is 12.3 Å². The molecule has 1 aliphatic rings. The van der Waals surface area contributed by atoms with Crippen LogP contribution in [0.25, 0.3) is 10.9 Å². The number of carbonyl (C=O) groups excluding carboxylic acids is 1. The molecule has 128 valence electrons. The lowest BCUT2D eigenvalue weighted by Crippen LogP contribution is -2.40. The number of aromatic amines is 1. The van der Waals surface area contributed by atoms with Crippen molar-refractivity contribution < 1.29 is 14.7 Å². The van der Waals surface area contributed by atoms with Gasteiger partial charge >= 0.3 is 5.97 Å². The van der Waals surface area contributed by atoms with E-state index in [2.05, 4.69) is 4.98 Å². The molecule has 0 aliphatic carbocycles. The van der Waals surface area contributed by atoms with Gasteiger partial charge < -0.3 is 15.0 Å². The second-order valence-electron chi connectivity index (χ2n) is 6.46. The van der Waals surface area contributed by atoms with Crippen LogP contribution in [0.2, 0.25) is 5.02 Å². The van der Waals surface area contributed by atoms with Crippen LogP contribution in [0.1, 0.15) is 31.2 Å². The zero-order valence-corrected chi connectivity index (χ0v) is 14.2. The molecule has 0 bridgehead atoms. The topological polar surface area (TPSA) is 73.4 Å². The number of hydrogen-bond donors (Lipinski definition) is 2. The molecule has 1 aromatic heterocycles. The number of piperidine rings is 1. The first-order valence-corrected chi connectivity index (χ1v) is 8.66. The summed E-state index contributed by atoms with van der Waals surface area (Å²) >= 11 is 5.99. The monoisotopic (exact) mass is 348 g/mol. The zero-order chi connectivity index (χ0) is 17.1. The fourth-order valence-corrected chi connectivity index (χ4v) is 3.61. The minimum atomic E-state index is -0.768. The standard InChI is InChI=1S/C18H21ClN2O3/c19-14-4-5-15-13(10-20-16(15)9-14)8-17(22)21-7-1-2-12(11-21)3-6-18(23)24/h4-5,9-10,12,20H,1-3,6-8,11H2,(H,23,24). The minimum absolute atomic E-state index is 0.103. The number of rotatable bonds is 5. The summed E-state index contributed by atoms with van der Waals surface area (Å²) in [6.07, 6.45) is 4.99. The largest absolute Gasteiger partial charge is 0.481 e. The molecule has 0 spiro atoms. The number of carbonyl (C=O) groups is 2. The van der Waals surface area contributed by atoms with Gasteiger partial charge in [0.1, 0.15) is 0 Å². The van der Waals surface area contributed by atoms with Crippen LogP contribution in [0, 0.1) is 5.92 Å². The van der Waals surface area contributed by atoms with Crippen LogP contribution >= 0.6 is 11.6 Å². The third-order valence-corrected chi connectivity index (χ3v) is 4.94. The van der Waals surface area contributed by atoms with Gasteiger partial charge in [-0.25, -0.2) is 0 Å². The number of H-pyrrole nitrogens is 1. The van der Waals surface area contributed by atoms with Crippen molar-refractivity contribution in [2.45, 2.75) is 32.1 Å². The Kier molecular flexibility index (Phi) is 5.09. The van der Waals surface area contributed by atoms with Crippen LogP contribution in [0.4, 0.5) is 0 Å². The maximum Gasteiger partial charge on any atom is 0.303 e. The molecule has 1 unspecified atom stereocenters. The number of benzene rings is 1. The van der Waals surface area contributed by atoms with Gasteiger partial charge in [0.05, 0.1) is 6.42 Å². The molecule has 3 rings (SSSR count). The summed E-state index contributed by atoms with van der Waals surface area (Å²) in [5.74, 6) is -0.373. The molecular weight excluding hydrogens is 328 g/mol. The molecule has 6 heteroatoms. The van der Waals surface area contributed by atoms with E-state index in [4.69, 9.17) is 16.7 Å². The van der Waals surface area contributed by atoms with Crippen molar-refractivity contribution in [3.63, 3.8) is 0 Å². The lowest BCUT2D eigenvalue weighted by Gasteiger charge is -2.32. The Balaban J connectivity index is 1.64. The molecule has 0 radical (unpaired) electrons. The zero-order valence-electron chi connectivity index (χ0n) is 13.4. The highest BCUT2D eigenvalue weighted by Gasteiger charge is 2.24. The number of nitrogens with zero attached hydrogens (tertiary/aromatic N) is 1. The number of fused-ring (bicyclic) bond motifs is 1. The Morgan fingerprint density at radius 2 is 2.21 bits per heavy atom. The summed E-state index contributed by atoms with van der Waals surface area (Å²) in [5, 5.41) is 10.5. The summed E-state index contributed by atoms with van der Waals surface area (Å²) in [4.78, 5) is 28.4. The molecule has 1 aliphatic heterocycles. The van der Waals surface area contributed by atoms with Crippen molar-refractivity contribution >= 4 is 34.4 Å². The van der Waals surface area contributed by atoms with E-state index < -0.39 is 5.97 Å². The van der Waals surface area contributed by atoms with Crippen LogP contribution in [-0.2, 0) is 16.0 Å². The minimum Gasteiger partial charge on any atom is -0.481 e. The second-order valence-corrected chi connectivity index (χ2v) is 6.90. The van der Waals surface area contributed by atoms with Crippen molar-refractivity contribution in [3.8, 4) is 0 Å². The van der Waals surface area contributed by atoms with E-state index in [1.807, 2.05) is 29.3 Å². The van der Waals surface area contributed by atoms with E-state index in [9.17, 15) is 9.59 Å². The Labute approximate surface area is 145 Å². The highest BCUT2D eigenvalue weighted by Crippen LogP contribution is 2.25. The molecule has 1 fully saturated rings. The number of amides is 1. The van der Waals surface area contributed by atoms with Crippen LogP contribution in [0.3, 0.4) is 0 Å². The van der Waals surface area contributed by atoms with Gasteiger partial charge in [-0.1, -0.05) is 17.7 Å². The van der Waals surface area contributed by atoms with E-state index in [0.29, 0.717) is 30.3 Å². The molecule has 5 nitrogen and oxygen atoms in total. The number of carboxylic acid groups (broad SMARTS) is 1. The highest BCUT2D eigenvalue weighted by atomic mass is 35.5. The molecule has 2 aromatic rings. The normalized spacial score (nSPS) is 18.0. The predicted octanol–water partition coefficient (Wildman–Crippen LogP) is 3.47. The summed E-state index contributed by atoms with van der Waals surface area (Å²) < 4.78 is 0. The fraction of sp³-hybridized carbons (Fsp3) is 0.444. The van der Waals surface area contributed by atoms with E-state index >= 15 is 0 Å². The van der Waals surface area contributed by atoms with Crippen molar-refractivity contribution in [1.82, 2.24) is 9.88 Å². The summed E-state index contributed by atoms with van der Waals surface area (Å²) in [6.45, 7) is 1.43. The van der Waals surface area contributed by atoms with Crippen LogP contribution in [-0.4, -0.2) is 40.0 Å². The van der Waals surface area contributed by atoms with Crippen molar-refractivity contribution in [1.29, 1.82) is 0 Å². The van der Waals surface area contributed by atoms with Gasteiger partial charge in [0.25, 0.3) is 0 Å². The Hall–Kier alpha value is -2.01. The lowest BCUT2D eigenvalue weighted by molar-refractivity contribution is -0.137.